The fourth-order valence-electron chi connectivity index (χ4n) is 3.65. The Balaban J connectivity index is 1.61. The zero-order chi connectivity index (χ0) is 22.0. The highest BCUT2D eigenvalue weighted by molar-refractivity contribution is 5.85. The van der Waals surface area contributed by atoms with E-state index in [-0.39, 0.29) is 29.3 Å². The van der Waals surface area contributed by atoms with Crippen molar-refractivity contribution >= 4 is 16.9 Å². The molecule has 0 saturated heterocycles. The van der Waals surface area contributed by atoms with Crippen LogP contribution in [-0.4, -0.2) is 25.3 Å². The largest absolute Gasteiger partial charge is 0.283 e. The van der Waals surface area contributed by atoms with E-state index in [0.717, 1.165) is 15.8 Å². The highest BCUT2D eigenvalue weighted by Gasteiger charge is 2.21. The second-order valence-corrected chi connectivity index (χ2v) is 8.50. The number of nitrogens with zero attached hydrogens (tertiary/aromatic N) is 4. The average Bonchev–Trinajstić information content (AvgIpc) is 3.21. The fourth-order valence-corrected chi connectivity index (χ4v) is 3.65. The van der Waals surface area contributed by atoms with Crippen molar-refractivity contribution in [2.75, 3.05) is 5.43 Å². The number of rotatable bonds is 5. The summed E-state index contributed by atoms with van der Waals surface area (Å²) in [5.74, 6) is -0.400. The predicted octanol–water partition coefficient (Wildman–Crippen LogP) is 3.64. The Kier molecular flexibility index (Phi) is 5.42. The molecule has 31 heavy (non-hydrogen) atoms. The Hall–Kier alpha value is -3.74. The Labute approximate surface area is 180 Å². The van der Waals surface area contributed by atoms with Gasteiger partial charge in [-0.25, -0.2) is 14.3 Å². The molecule has 0 aliphatic carbocycles. The molecule has 2 aromatic heterocycles. The maximum atomic E-state index is 12.9. The van der Waals surface area contributed by atoms with Crippen LogP contribution in [-0.2, 0) is 10.3 Å². The van der Waals surface area contributed by atoms with Gasteiger partial charge in [-0.2, -0.15) is 5.10 Å². The van der Waals surface area contributed by atoms with Gasteiger partial charge in [-0.05, 0) is 31.9 Å². The molecule has 2 heterocycles. The molecule has 4 aromatic rings. The molecule has 0 atom stereocenters. The van der Waals surface area contributed by atoms with Gasteiger partial charge in [-0.15, -0.1) is 0 Å². The van der Waals surface area contributed by atoms with Gasteiger partial charge in [-0.1, -0.05) is 60.7 Å². The number of fused-ring (bicyclic) bond motifs is 1. The van der Waals surface area contributed by atoms with Crippen LogP contribution in [0.3, 0.4) is 0 Å². The van der Waals surface area contributed by atoms with Gasteiger partial charge in [0, 0.05) is 12.3 Å². The van der Waals surface area contributed by atoms with Crippen LogP contribution in [0.15, 0.2) is 78.0 Å². The summed E-state index contributed by atoms with van der Waals surface area (Å²) < 4.78 is 2.84. The molecule has 2 aromatic carbocycles. The molecule has 158 valence electrons. The zero-order valence-corrected chi connectivity index (χ0v) is 17.8. The molecule has 7 nitrogen and oxygen atoms in total. The quantitative estimate of drug-likeness (QED) is 0.540. The Morgan fingerprint density at radius 1 is 1.00 bits per heavy atom. The van der Waals surface area contributed by atoms with Crippen LogP contribution in [0.1, 0.15) is 44.2 Å². The van der Waals surface area contributed by atoms with Crippen LogP contribution < -0.4 is 11.0 Å². The Bertz CT molecular complexity index is 1210. The summed E-state index contributed by atoms with van der Waals surface area (Å²) in [5, 5.41) is 4.66. The van der Waals surface area contributed by atoms with Gasteiger partial charge in [0.1, 0.15) is 11.7 Å². The molecule has 4 rings (SSSR count). The van der Waals surface area contributed by atoms with Crippen LogP contribution in [0.2, 0.25) is 0 Å². The van der Waals surface area contributed by atoms with E-state index in [1.54, 1.807) is 4.68 Å². The van der Waals surface area contributed by atoms with E-state index in [1.165, 1.54) is 12.5 Å². The third-order valence-corrected chi connectivity index (χ3v) is 5.16. The molecule has 0 saturated carbocycles. The van der Waals surface area contributed by atoms with E-state index in [0.29, 0.717) is 11.0 Å². The molecule has 1 N–H and O–H groups in total. The standard InChI is InChI=1S/C24H25N5O2/c1-24(2,3)29-22-20(15-26-29)23(31)28(16-25-22)27-21(30)14-19(17-10-6-4-7-11-17)18-12-8-5-9-13-18/h4-13,15-16,19H,14H2,1-3H3,(H,27,30). The van der Waals surface area contributed by atoms with Crippen molar-refractivity contribution in [3.8, 4) is 0 Å². The highest BCUT2D eigenvalue weighted by Crippen LogP contribution is 2.27. The second kappa shape index (κ2) is 8.18. The SMILES string of the molecule is CC(C)(C)n1ncc2c(=O)n(NC(=O)CC(c3ccccc3)c3ccccc3)cnc21. The van der Waals surface area contributed by atoms with E-state index in [9.17, 15) is 9.59 Å². The predicted molar refractivity (Wildman–Crippen MR) is 120 cm³/mol. The van der Waals surface area contributed by atoms with Crippen LogP contribution in [0.5, 0.6) is 0 Å². The first-order chi connectivity index (χ1) is 14.8. The van der Waals surface area contributed by atoms with Gasteiger partial charge in [0.25, 0.3) is 5.56 Å². The third-order valence-electron chi connectivity index (χ3n) is 5.16. The topological polar surface area (TPSA) is 81.8 Å². The molecule has 0 unspecified atom stereocenters. The summed E-state index contributed by atoms with van der Waals surface area (Å²) in [6.07, 6.45) is 3.03. The average molecular weight is 415 g/mol. The Morgan fingerprint density at radius 2 is 1.58 bits per heavy atom. The summed E-state index contributed by atoms with van der Waals surface area (Å²) >= 11 is 0. The number of carbonyl (C=O) groups excluding carboxylic acids is 1. The van der Waals surface area contributed by atoms with Crippen molar-refractivity contribution in [1.82, 2.24) is 19.4 Å². The summed E-state index contributed by atoms with van der Waals surface area (Å²) in [6, 6.07) is 19.7. The maximum Gasteiger partial charge on any atom is 0.283 e. The highest BCUT2D eigenvalue weighted by atomic mass is 16.2. The first-order valence-electron chi connectivity index (χ1n) is 10.2. The van der Waals surface area contributed by atoms with E-state index in [4.69, 9.17) is 0 Å². The lowest BCUT2D eigenvalue weighted by atomic mass is 9.88. The van der Waals surface area contributed by atoms with Crippen LogP contribution in [0.25, 0.3) is 11.0 Å². The van der Waals surface area contributed by atoms with Gasteiger partial charge in [0.2, 0.25) is 5.91 Å². The molecular weight excluding hydrogens is 390 g/mol. The van der Waals surface area contributed by atoms with E-state index in [2.05, 4.69) is 15.5 Å². The smallest absolute Gasteiger partial charge is 0.273 e. The number of aromatic nitrogens is 4. The van der Waals surface area contributed by atoms with Gasteiger partial charge >= 0.3 is 0 Å². The first-order valence-corrected chi connectivity index (χ1v) is 10.2. The van der Waals surface area contributed by atoms with Crippen molar-refractivity contribution in [2.45, 2.75) is 38.6 Å². The molecule has 0 spiro atoms. The third kappa shape index (κ3) is 4.26. The van der Waals surface area contributed by atoms with Crippen molar-refractivity contribution in [2.24, 2.45) is 0 Å². The molecule has 7 heteroatoms. The molecule has 0 aliphatic rings. The monoisotopic (exact) mass is 415 g/mol. The molecule has 0 radical (unpaired) electrons. The lowest BCUT2D eigenvalue weighted by Crippen LogP contribution is -2.34. The van der Waals surface area contributed by atoms with E-state index in [1.807, 2.05) is 81.4 Å². The van der Waals surface area contributed by atoms with Gasteiger partial charge in [0.15, 0.2) is 5.65 Å². The number of hydrogen-bond donors (Lipinski definition) is 1. The zero-order valence-electron chi connectivity index (χ0n) is 17.8. The van der Waals surface area contributed by atoms with Crippen LogP contribution >= 0.6 is 0 Å². The minimum absolute atomic E-state index is 0.126. The number of amides is 1. The normalized spacial score (nSPS) is 11.7. The molecule has 0 aliphatic heterocycles. The fraction of sp³-hybridized carbons (Fsp3) is 0.250. The molecular formula is C24H25N5O2. The van der Waals surface area contributed by atoms with Gasteiger partial charge in [0.05, 0.1) is 11.7 Å². The van der Waals surface area contributed by atoms with Gasteiger partial charge < -0.3 is 0 Å². The number of benzene rings is 2. The van der Waals surface area contributed by atoms with E-state index >= 15 is 0 Å². The lowest BCUT2D eigenvalue weighted by Gasteiger charge is -2.20. The molecule has 0 bridgehead atoms. The molecule has 1 amide bonds. The van der Waals surface area contributed by atoms with Crippen molar-refractivity contribution in [1.29, 1.82) is 0 Å². The number of hydrogen-bond acceptors (Lipinski definition) is 4. The van der Waals surface area contributed by atoms with Crippen LogP contribution in [0.4, 0.5) is 0 Å². The molecule has 0 fully saturated rings. The second-order valence-electron chi connectivity index (χ2n) is 8.50. The summed E-state index contributed by atoms with van der Waals surface area (Å²) in [6.45, 7) is 5.96. The Morgan fingerprint density at radius 3 is 2.13 bits per heavy atom. The summed E-state index contributed by atoms with van der Waals surface area (Å²) in [7, 11) is 0. The van der Waals surface area contributed by atoms with Crippen LogP contribution in [0, 0.1) is 0 Å². The van der Waals surface area contributed by atoms with Gasteiger partial charge in [-0.3, -0.25) is 15.0 Å². The van der Waals surface area contributed by atoms with Crippen molar-refractivity contribution in [3.63, 3.8) is 0 Å². The minimum atomic E-state index is -0.357. The summed E-state index contributed by atoms with van der Waals surface area (Å²) in [4.78, 5) is 30.2. The first kappa shape index (κ1) is 20.5. The number of nitrogens with one attached hydrogen (secondary N) is 1. The minimum Gasteiger partial charge on any atom is -0.273 e. The van der Waals surface area contributed by atoms with E-state index < -0.39 is 0 Å². The summed E-state index contributed by atoms with van der Waals surface area (Å²) in [5.41, 5.74) is 4.59. The maximum absolute atomic E-state index is 12.9. The van der Waals surface area contributed by atoms with Crippen molar-refractivity contribution in [3.05, 3.63) is 94.7 Å². The van der Waals surface area contributed by atoms with Crippen molar-refractivity contribution < 1.29 is 4.79 Å². The number of carbonyl (C=O) groups is 1. The lowest BCUT2D eigenvalue weighted by molar-refractivity contribution is -0.117.